The molecule has 0 aromatic rings. The molecule has 0 spiro atoms. The maximum atomic E-state index is 11.3. The summed E-state index contributed by atoms with van der Waals surface area (Å²) >= 11 is 0. The molecule has 4 heteroatoms. The molecule has 1 atom stereocenters. The smallest absolute Gasteiger partial charge is 0.236 e. The minimum Gasteiger partial charge on any atom is -0.354 e. The van der Waals surface area contributed by atoms with Crippen molar-refractivity contribution in [3.63, 3.8) is 0 Å². The molecule has 1 saturated carbocycles. The maximum Gasteiger partial charge on any atom is 0.236 e. The van der Waals surface area contributed by atoms with Crippen molar-refractivity contribution >= 4 is 18.3 Å². The van der Waals surface area contributed by atoms with E-state index in [1.807, 2.05) is 0 Å². The fourth-order valence-electron chi connectivity index (χ4n) is 2.15. The summed E-state index contributed by atoms with van der Waals surface area (Å²) in [6.45, 7) is 2.55. The zero-order chi connectivity index (χ0) is 11.1. The van der Waals surface area contributed by atoms with Crippen LogP contribution in [0.25, 0.3) is 0 Å². The van der Waals surface area contributed by atoms with Gasteiger partial charge in [0.2, 0.25) is 5.91 Å². The van der Waals surface area contributed by atoms with Crippen molar-refractivity contribution in [2.24, 2.45) is 11.7 Å². The van der Waals surface area contributed by atoms with Gasteiger partial charge in [-0.05, 0) is 25.7 Å². The van der Waals surface area contributed by atoms with Gasteiger partial charge in [0.15, 0.2) is 0 Å². The molecule has 3 nitrogen and oxygen atoms in total. The Morgan fingerprint density at radius 2 is 1.75 bits per heavy atom. The SMILES string of the molecule is CC(N)C(=O)NCC1CCCCCCC1.Cl. The van der Waals surface area contributed by atoms with Gasteiger partial charge in [0.25, 0.3) is 0 Å². The number of halogens is 1. The summed E-state index contributed by atoms with van der Waals surface area (Å²) in [7, 11) is 0. The molecule has 1 unspecified atom stereocenters. The molecule has 1 fully saturated rings. The Bertz CT molecular complexity index is 189. The molecule has 96 valence electrons. The number of hydrogen-bond donors (Lipinski definition) is 2. The van der Waals surface area contributed by atoms with Gasteiger partial charge in [-0.2, -0.15) is 0 Å². The second-order valence-corrected chi connectivity index (χ2v) is 4.74. The first-order chi connectivity index (χ1) is 7.20. The number of amides is 1. The summed E-state index contributed by atoms with van der Waals surface area (Å²) in [6, 6.07) is -0.376. The third-order valence-electron chi connectivity index (χ3n) is 3.20. The van der Waals surface area contributed by atoms with Crippen LogP contribution in [0.15, 0.2) is 0 Å². The summed E-state index contributed by atoms with van der Waals surface area (Å²) < 4.78 is 0. The molecular formula is C12H25ClN2O. The topological polar surface area (TPSA) is 55.1 Å². The second-order valence-electron chi connectivity index (χ2n) is 4.74. The van der Waals surface area contributed by atoms with E-state index in [9.17, 15) is 4.79 Å². The zero-order valence-corrected chi connectivity index (χ0v) is 11.0. The molecule has 0 aromatic heterocycles. The molecule has 3 N–H and O–H groups in total. The third-order valence-corrected chi connectivity index (χ3v) is 3.20. The summed E-state index contributed by atoms with van der Waals surface area (Å²) in [5.41, 5.74) is 5.50. The fourth-order valence-corrected chi connectivity index (χ4v) is 2.15. The second kappa shape index (κ2) is 8.82. The van der Waals surface area contributed by atoms with Gasteiger partial charge in [0.1, 0.15) is 0 Å². The Balaban J connectivity index is 0.00000225. The van der Waals surface area contributed by atoms with Crippen molar-refractivity contribution in [1.82, 2.24) is 5.32 Å². The number of carbonyl (C=O) groups is 1. The highest BCUT2D eigenvalue weighted by molar-refractivity contribution is 5.85. The maximum absolute atomic E-state index is 11.3. The van der Waals surface area contributed by atoms with Gasteiger partial charge >= 0.3 is 0 Å². The number of nitrogens with one attached hydrogen (secondary N) is 1. The van der Waals surface area contributed by atoms with Gasteiger partial charge in [0, 0.05) is 6.54 Å². The average Bonchev–Trinajstić information content (AvgIpc) is 2.15. The first kappa shape index (κ1) is 15.7. The van der Waals surface area contributed by atoms with Crippen LogP contribution in [0.4, 0.5) is 0 Å². The van der Waals surface area contributed by atoms with E-state index in [0.29, 0.717) is 5.92 Å². The standard InChI is InChI=1S/C12H24N2O.ClH/c1-10(13)12(15)14-9-11-7-5-3-2-4-6-8-11;/h10-11H,2-9,13H2,1H3,(H,14,15);1H. The van der Waals surface area contributed by atoms with Crippen molar-refractivity contribution in [1.29, 1.82) is 0 Å². The zero-order valence-electron chi connectivity index (χ0n) is 10.2. The minimum atomic E-state index is -0.376. The van der Waals surface area contributed by atoms with Crippen LogP contribution in [0.5, 0.6) is 0 Å². The molecule has 1 aliphatic rings. The lowest BCUT2D eigenvalue weighted by Crippen LogP contribution is -2.40. The van der Waals surface area contributed by atoms with Gasteiger partial charge in [-0.25, -0.2) is 0 Å². The van der Waals surface area contributed by atoms with Crippen LogP contribution >= 0.6 is 12.4 Å². The monoisotopic (exact) mass is 248 g/mol. The summed E-state index contributed by atoms with van der Waals surface area (Å²) in [5, 5.41) is 2.94. The van der Waals surface area contributed by atoms with E-state index in [1.54, 1.807) is 6.92 Å². The van der Waals surface area contributed by atoms with Crippen LogP contribution in [-0.4, -0.2) is 18.5 Å². The van der Waals surface area contributed by atoms with Gasteiger partial charge in [-0.3, -0.25) is 4.79 Å². The van der Waals surface area contributed by atoms with E-state index < -0.39 is 0 Å². The van der Waals surface area contributed by atoms with Crippen LogP contribution in [0, 0.1) is 5.92 Å². The van der Waals surface area contributed by atoms with Gasteiger partial charge in [-0.15, -0.1) is 12.4 Å². The molecule has 1 rings (SSSR count). The Morgan fingerprint density at radius 1 is 1.25 bits per heavy atom. The molecule has 0 aromatic carbocycles. The molecule has 1 amide bonds. The predicted molar refractivity (Wildman–Crippen MR) is 69.7 cm³/mol. The molecule has 0 bridgehead atoms. The van der Waals surface area contributed by atoms with E-state index in [-0.39, 0.29) is 24.4 Å². The lowest BCUT2D eigenvalue weighted by atomic mass is 9.91. The van der Waals surface area contributed by atoms with Gasteiger partial charge < -0.3 is 11.1 Å². The van der Waals surface area contributed by atoms with Gasteiger partial charge in [-0.1, -0.05) is 32.1 Å². The van der Waals surface area contributed by atoms with E-state index in [2.05, 4.69) is 5.32 Å². The highest BCUT2D eigenvalue weighted by Gasteiger charge is 2.13. The highest BCUT2D eigenvalue weighted by atomic mass is 35.5. The normalized spacial score (nSPS) is 20.1. The quantitative estimate of drug-likeness (QED) is 0.805. The highest BCUT2D eigenvalue weighted by Crippen LogP contribution is 2.21. The van der Waals surface area contributed by atoms with Crippen LogP contribution in [0.2, 0.25) is 0 Å². The van der Waals surface area contributed by atoms with Crippen molar-refractivity contribution in [2.75, 3.05) is 6.54 Å². The van der Waals surface area contributed by atoms with Crippen molar-refractivity contribution in [3.8, 4) is 0 Å². The first-order valence-corrected chi connectivity index (χ1v) is 6.23. The number of hydrogen-bond acceptors (Lipinski definition) is 2. The van der Waals surface area contributed by atoms with Crippen molar-refractivity contribution in [2.45, 2.75) is 57.9 Å². The summed E-state index contributed by atoms with van der Waals surface area (Å²) in [5.74, 6) is 0.657. The molecular weight excluding hydrogens is 224 g/mol. The fraction of sp³-hybridized carbons (Fsp3) is 0.917. The predicted octanol–water partition coefficient (Wildman–Crippen LogP) is 2.23. The van der Waals surface area contributed by atoms with Crippen molar-refractivity contribution in [3.05, 3.63) is 0 Å². The Hall–Kier alpha value is -0.280. The van der Waals surface area contributed by atoms with Crippen LogP contribution in [-0.2, 0) is 4.79 Å². The molecule has 0 heterocycles. The first-order valence-electron chi connectivity index (χ1n) is 6.23. The molecule has 16 heavy (non-hydrogen) atoms. The van der Waals surface area contributed by atoms with Crippen LogP contribution in [0.1, 0.15) is 51.9 Å². The molecule has 0 radical (unpaired) electrons. The lowest BCUT2D eigenvalue weighted by molar-refractivity contribution is -0.122. The molecule has 0 aliphatic heterocycles. The summed E-state index contributed by atoms with van der Waals surface area (Å²) in [4.78, 5) is 11.3. The van der Waals surface area contributed by atoms with E-state index in [1.165, 1.54) is 44.9 Å². The lowest BCUT2D eigenvalue weighted by Gasteiger charge is -2.20. The van der Waals surface area contributed by atoms with E-state index >= 15 is 0 Å². The molecule has 1 aliphatic carbocycles. The Morgan fingerprint density at radius 3 is 2.25 bits per heavy atom. The van der Waals surface area contributed by atoms with Crippen LogP contribution in [0.3, 0.4) is 0 Å². The third kappa shape index (κ3) is 6.33. The van der Waals surface area contributed by atoms with Gasteiger partial charge in [0.05, 0.1) is 6.04 Å². The number of nitrogens with two attached hydrogens (primary N) is 1. The average molecular weight is 249 g/mol. The minimum absolute atomic E-state index is 0. The number of rotatable bonds is 3. The summed E-state index contributed by atoms with van der Waals surface area (Å²) in [6.07, 6.45) is 9.27. The molecule has 0 saturated heterocycles. The Labute approximate surface area is 105 Å². The van der Waals surface area contributed by atoms with E-state index in [4.69, 9.17) is 5.73 Å². The van der Waals surface area contributed by atoms with E-state index in [0.717, 1.165) is 6.54 Å². The van der Waals surface area contributed by atoms with Crippen molar-refractivity contribution < 1.29 is 4.79 Å². The largest absolute Gasteiger partial charge is 0.354 e. The van der Waals surface area contributed by atoms with Crippen LogP contribution < -0.4 is 11.1 Å². The number of carbonyl (C=O) groups excluding carboxylic acids is 1. The Kier molecular flexibility index (Phi) is 8.67.